The Morgan fingerprint density at radius 1 is 1.25 bits per heavy atom. The maximum Gasteiger partial charge on any atom is 0.273 e. The highest BCUT2D eigenvalue weighted by molar-refractivity contribution is 8.27. The third-order valence-corrected chi connectivity index (χ3v) is 3.84. The van der Waals surface area contributed by atoms with Crippen LogP contribution in [0.3, 0.4) is 0 Å². The summed E-state index contributed by atoms with van der Waals surface area (Å²) >= 11 is 6.50. The first-order valence-electron chi connectivity index (χ1n) is 6.28. The van der Waals surface area contributed by atoms with Crippen molar-refractivity contribution < 1.29 is 14.3 Å². The van der Waals surface area contributed by atoms with Crippen molar-refractivity contribution >= 4 is 39.9 Å². The summed E-state index contributed by atoms with van der Waals surface area (Å²) in [6.07, 6.45) is 1.47. The van der Waals surface area contributed by atoms with Crippen molar-refractivity contribution in [2.45, 2.75) is 13.8 Å². The SMILES string of the molecule is CCO/C=C1\SC(=S)N(c2ccc(OCC)cc2)C1=O. The molecule has 6 heteroatoms. The van der Waals surface area contributed by atoms with Gasteiger partial charge in [-0.3, -0.25) is 9.69 Å². The lowest BCUT2D eigenvalue weighted by atomic mass is 10.3. The molecule has 1 aromatic carbocycles. The third kappa shape index (κ3) is 3.13. The predicted molar refractivity (Wildman–Crippen MR) is 85.0 cm³/mol. The van der Waals surface area contributed by atoms with E-state index in [1.165, 1.54) is 22.9 Å². The van der Waals surface area contributed by atoms with Crippen molar-refractivity contribution in [2.24, 2.45) is 0 Å². The lowest BCUT2D eigenvalue weighted by Gasteiger charge is -2.14. The van der Waals surface area contributed by atoms with Crippen LogP contribution in [0.4, 0.5) is 5.69 Å². The fourth-order valence-corrected chi connectivity index (χ4v) is 2.91. The molecule has 0 aromatic heterocycles. The van der Waals surface area contributed by atoms with E-state index in [1.54, 1.807) is 0 Å². The van der Waals surface area contributed by atoms with Gasteiger partial charge in [-0.2, -0.15) is 0 Å². The fraction of sp³-hybridized carbons (Fsp3) is 0.286. The average Bonchev–Trinajstić information content (AvgIpc) is 2.73. The molecule has 0 atom stereocenters. The largest absolute Gasteiger partial charge is 0.500 e. The van der Waals surface area contributed by atoms with E-state index in [-0.39, 0.29) is 5.91 Å². The van der Waals surface area contributed by atoms with E-state index in [1.807, 2.05) is 38.1 Å². The number of anilines is 1. The summed E-state index contributed by atoms with van der Waals surface area (Å²) in [5.74, 6) is 0.615. The maximum atomic E-state index is 12.3. The highest BCUT2D eigenvalue weighted by atomic mass is 32.2. The topological polar surface area (TPSA) is 38.8 Å². The monoisotopic (exact) mass is 309 g/mol. The standard InChI is InChI=1S/C14H15NO3S2/c1-3-17-9-12-13(16)15(14(19)20-12)10-5-7-11(8-6-10)18-4-2/h5-9H,3-4H2,1-2H3/b12-9-. The van der Waals surface area contributed by atoms with Crippen LogP contribution in [0.5, 0.6) is 5.75 Å². The predicted octanol–water partition coefficient (Wildman–Crippen LogP) is 3.33. The van der Waals surface area contributed by atoms with Crippen molar-refractivity contribution in [2.75, 3.05) is 18.1 Å². The van der Waals surface area contributed by atoms with Gasteiger partial charge in [0.15, 0.2) is 4.32 Å². The Morgan fingerprint density at radius 2 is 1.95 bits per heavy atom. The second-order valence-electron chi connectivity index (χ2n) is 3.87. The Hall–Kier alpha value is -1.53. The van der Waals surface area contributed by atoms with Gasteiger partial charge in [-0.15, -0.1) is 0 Å². The van der Waals surface area contributed by atoms with E-state index in [2.05, 4.69) is 0 Å². The van der Waals surface area contributed by atoms with E-state index in [0.29, 0.717) is 22.4 Å². The summed E-state index contributed by atoms with van der Waals surface area (Å²) < 4.78 is 11.0. The van der Waals surface area contributed by atoms with Crippen LogP contribution in [0.15, 0.2) is 35.4 Å². The summed E-state index contributed by atoms with van der Waals surface area (Å²) in [5, 5.41) is 0. The molecule has 106 valence electrons. The molecule has 1 fully saturated rings. The van der Waals surface area contributed by atoms with Crippen LogP contribution in [0.2, 0.25) is 0 Å². The number of carbonyl (C=O) groups excluding carboxylic acids is 1. The van der Waals surface area contributed by atoms with Crippen molar-refractivity contribution in [3.8, 4) is 5.75 Å². The summed E-state index contributed by atoms with van der Waals surface area (Å²) in [7, 11) is 0. The molecule has 0 radical (unpaired) electrons. The Morgan fingerprint density at radius 3 is 2.55 bits per heavy atom. The molecule has 0 bridgehead atoms. The zero-order valence-corrected chi connectivity index (χ0v) is 12.9. The quantitative estimate of drug-likeness (QED) is 0.474. The second kappa shape index (κ2) is 6.76. The molecule has 0 N–H and O–H groups in total. The zero-order chi connectivity index (χ0) is 14.5. The van der Waals surface area contributed by atoms with Crippen molar-refractivity contribution in [1.29, 1.82) is 0 Å². The van der Waals surface area contributed by atoms with Crippen molar-refractivity contribution in [3.63, 3.8) is 0 Å². The van der Waals surface area contributed by atoms with Crippen LogP contribution in [-0.4, -0.2) is 23.4 Å². The Balaban J connectivity index is 2.19. The fourth-order valence-electron chi connectivity index (χ4n) is 1.69. The number of rotatable bonds is 5. The van der Waals surface area contributed by atoms with E-state index in [0.717, 1.165) is 11.4 Å². The van der Waals surface area contributed by atoms with E-state index < -0.39 is 0 Å². The first-order chi connectivity index (χ1) is 9.67. The highest BCUT2D eigenvalue weighted by Crippen LogP contribution is 2.35. The summed E-state index contributed by atoms with van der Waals surface area (Å²) in [6.45, 7) is 4.92. The Kier molecular flexibility index (Phi) is 5.03. The Bertz CT molecular complexity index is 540. The van der Waals surface area contributed by atoms with Gasteiger partial charge >= 0.3 is 0 Å². The summed E-state index contributed by atoms with van der Waals surface area (Å²) in [5.41, 5.74) is 0.732. The van der Waals surface area contributed by atoms with Gasteiger partial charge < -0.3 is 9.47 Å². The lowest BCUT2D eigenvalue weighted by molar-refractivity contribution is -0.113. The van der Waals surface area contributed by atoms with Crippen LogP contribution in [-0.2, 0) is 9.53 Å². The van der Waals surface area contributed by atoms with Gasteiger partial charge in [0, 0.05) is 0 Å². The van der Waals surface area contributed by atoms with Crippen LogP contribution >= 0.6 is 24.0 Å². The number of nitrogens with zero attached hydrogens (tertiary/aromatic N) is 1. The van der Waals surface area contributed by atoms with Gasteiger partial charge in [0.25, 0.3) is 5.91 Å². The van der Waals surface area contributed by atoms with Crippen LogP contribution in [0, 0.1) is 0 Å². The second-order valence-corrected chi connectivity index (χ2v) is 5.55. The van der Waals surface area contributed by atoms with E-state index in [4.69, 9.17) is 21.7 Å². The minimum atomic E-state index is -0.155. The summed E-state index contributed by atoms with van der Waals surface area (Å²) in [6, 6.07) is 7.28. The van der Waals surface area contributed by atoms with Crippen molar-refractivity contribution in [1.82, 2.24) is 0 Å². The molecule has 1 heterocycles. The molecule has 0 spiro atoms. The van der Waals surface area contributed by atoms with Gasteiger partial charge in [0.05, 0.1) is 18.9 Å². The number of hydrogen-bond donors (Lipinski definition) is 0. The normalized spacial score (nSPS) is 16.9. The van der Waals surface area contributed by atoms with Gasteiger partial charge in [-0.1, -0.05) is 24.0 Å². The first kappa shape index (κ1) is 14.9. The first-order valence-corrected chi connectivity index (χ1v) is 7.50. The molecule has 0 unspecified atom stereocenters. The molecule has 20 heavy (non-hydrogen) atoms. The number of benzene rings is 1. The number of thiocarbonyl (C=S) groups is 1. The number of hydrogen-bond acceptors (Lipinski definition) is 5. The number of thioether (sulfide) groups is 1. The Labute approximate surface area is 127 Å². The number of amides is 1. The lowest BCUT2D eigenvalue weighted by Crippen LogP contribution is -2.27. The van der Waals surface area contributed by atoms with E-state index in [9.17, 15) is 4.79 Å². The molecule has 0 saturated carbocycles. The molecular formula is C14H15NO3S2. The average molecular weight is 309 g/mol. The molecule has 0 aliphatic carbocycles. The molecule has 4 nitrogen and oxygen atoms in total. The molecule has 1 aliphatic heterocycles. The molecule has 2 rings (SSSR count). The number of carbonyl (C=O) groups is 1. The minimum Gasteiger partial charge on any atom is -0.500 e. The number of ether oxygens (including phenoxy) is 2. The molecule has 1 amide bonds. The minimum absolute atomic E-state index is 0.155. The molecule has 1 aromatic rings. The van der Waals surface area contributed by atoms with Crippen molar-refractivity contribution in [3.05, 3.63) is 35.4 Å². The molecule has 1 saturated heterocycles. The van der Waals surface area contributed by atoms with Gasteiger partial charge in [-0.05, 0) is 38.1 Å². The third-order valence-electron chi connectivity index (χ3n) is 2.56. The smallest absolute Gasteiger partial charge is 0.273 e. The highest BCUT2D eigenvalue weighted by Gasteiger charge is 2.33. The molecular weight excluding hydrogens is 294 g/mol. The maximum absolute atomic E-state index is 12.3. The van der Waals surface area contributed by atoms with E-state index >= 15 is 0 Å². The molecule has 1 aliphatic rings. The zero-order valence-electron chi connectivity index (χ0n) is 11.3. The van der Waals surface area contributed by atoms with Gasteiger partial charge in [-0.25, -0.2) is 0 Å². The summed E-state index contributed by atoms with van der Waals surface area (Å²) in [4.78, 5) is 14.3. The van der Waals surface area contributed by atoms with Gasteiger partial charge in [0.1, 0.15) is 16.9 Å². The van der Waals surface area contributed by atoms with Crippen LogP contribution in [0.25, 0.3) is 0 Å². The van der Waals surface area contributed by atoms with Gasteiger partial charge in [0.2, 0.25) is 0 Å². The van der Waals surface area contributed by atoms with Crippen LogP contribution in [0.1, 0.15) is 13.8 Å². The van der Waals surface area contributed by atoms with Crippen LogP contribution < -0.4 is 9.64 Å².